The average molecular weight is 322 g/mol. The second kappa shape index (κ2) is 5.05. The van der Waals surface area contributed by atoms with E-state index in [9.17, 15) is 9.59 Å². The average Bonchev–Trinajstić information content (AvgIpc) is 2.75. The molecular formula is C14H12ClN3O2S. The summed E-state index contributed by atoms with van der Waals surface area (Å²) >= 11 is 7.57. The summed E-state index contributed by atoms with van der Waals surface area (Å²) in [5.41, 5.74) is 13.8. The first-order chi connectivity index (χ1) is 9.99. The molecule has 0 saturated carbocycles. The summed E-state index contributed by atoms with van der Waals surface area (Å²) in [6.07, 6.45) is 1.45. The van der Waals surface area contributed by atoms with Crippen LogP contribution in [-0.4, -0.2) is 11.9 Å². The van der Waals surface area contributed by atoms with Crippen LogP contribution in [0.2, 0.25) is 5.02 Å². The number of rotatable bonds is 2. The van der Waals surface area contributed by atoms with Crippen molar-refractivity contribution < 1.29 is 9.59 Å². The number of urea groups is 1. The highest BCUT2D eigenvalue weighted by Crippen LogP contribution is 2.47. The molecular weight excluding hydrogens is 310 g/mol. The molecule has 5 N–H and O–H groups in total. The third kappa shape index (κ3) is 2.26. The number of benzene rings is 1. The topological polar surface area (TPSA) is 98.2 Å². The van der Waals surface area contributed by atoms with Gasteiger partial charge in [-0.15, -0.1) is 11.3 Å². The van der Waals surface area contributed by atoms with E-state index in [4.69, 9.17) is 23.1 Å². The Bertz CT molecular complexity index is 770. The second-order valence-corrected chi connectivity index (χ2v) is 6.17. The van der Waals surface area contributed by atoms with Crippen LogP contribution in [0.15, 0.2) is 18.2 Å². The Kier molecular flexibility index (Phi) is 3.35. The van der Waals surface area contributed by atoms with Crippen LogP contribution in [-0.2, 0) is 12.8 Å². The molecule has 0 atom stereocenters. The van der Waals surface area contributed by atoms with Crippen LogP contribution in [0, 0.1) is 0 Å². The van der Waals surface area contributed by atoms with E-state index in [0.717, 1.165) is 28.0 Å². The van der Waals surface area contributed by atoms with Gasteiger partial charge in [-0.1, -0.05) is 23.7 Å². The summed E-state index contributed by atoms with van der Waals surface area (Å²) in [5, 5.41) is 3.48. The number of amides is 3. The lowest BCUT2D eigenvalue weighted by Gasteiger charge is -2.17. The van der Waals surface area contributed by atoms with E-state index in [2.05, 4.69) is 5.32 Å². The minimum absolute atomic E-state index is 0.333. The molecule has 1 heterocycles. The van der Waals surface area contributed by atoms with Gasteiger partial charge in [0.25, 0.3) is 5.91 Å². The summed E-state index contributed by atoms with van der Waals surface area (Å²) in [5.74, 6) is -0.577. The van der Waals surface area contributed by atoms with E-state index < -0.39 is 11.9 Å². The molecule has 0 spiro atoms. The number of carbonyl (C=O) groups is 2. The highest BCUT2D eigenvalue weighted by Gasteiger charge is 2.28. The highest BCUT2D eigenvalue weighted by atomic mass is 35.5. The Labute approximate surface area is 129 Å². The van der Waals surface area contributed by atoms with Crippen LogP contribution in [0.25, 0.3) is 10.4 Å². The summed E-state index contributed by atoms with van der Waals surface area (Å²) in [4.78, 5) is 23.7. The van der Waals surface area contributed by atoms with Gasteiger partial charge in [0.1, 0.15) is 5.00 Å². The van der Waals surface area contributed by atoms with Crippen LogP contribution in [0.3, 0.4) is 0 Å². The van der Waals surface area contributed by atoms with Gasteiger partial charge in [-0.05, 0) is 30.0 Å². The number of fused-ring (bicyclic) bond motifs is 3. The van der Waals surface area contributed by atoms with E-state index in [0.29, 0.717) is 22.0 Å². The van der Waals surface area contributed by atoms with Gasteiger partial charge in [-0.3, -0.25) is 10.1 Å². The fraction of sp³-hybridized carbons (Fsp3) is 0.143. The molecule has 108 valence electrons. The van der Waals surface area contributed by atoms with Gasteiger partial charge in [0, 0.05) is 15.5 Å². The zero-order chi connectivity index (χ0) is 15.1. The van der Waals surface area contributed by atoms with Gasteiger partial charge < -0.3 is 11.5 Å². The van der Waals surface area contributed by atoms with Crippen LogP contribution in [0.1, 0.15) is 21.5 Å². The van der Waals surface area contributed by atoms with E-state index in [-0.39, 0.29) is 0 Å². The van der Waals surface area contributed by atoms with Crippen molar-refractivity contribution in [2.45, 2.75) is 12.8 Å². The quantitative estimate of drug-likeness (QED) is 0.792. The number of aryl methyl sites for hydroxylation is 1. The van der Waals surface area contributed by atoms with E-state index in [1.807, 2.05) is 12.1 Å². The molecule has 0 fully saturated rings. The second-order valence-electron chi connectivity index (χ2n) is 4.74. The number of primary amides is 2. The molecule has 0 bridgehead atoms. The molecule has 3 rings (SSSR count). The van der Waals surface area contributed by atoms with Crippen LogP contribution >= 0.6 is 22.9 Å². The molecule has 1 aliphatic carbocycles. The molecule has 1 aromatic heterocycles. The number of nitrogens with two attached hydrogens (primary N) is 2. The number of hydrogen-bond acceptors (Lipinski definition) is 3. The predicted octanol–water partition coefficient (Wildman–Crippen LogP) is 2.76. The number of hydrogen-bond donors (Lipinski definition) is 3. The molecule has 0 unspecified atom stereocenters. The zero-order valence-corrected chi connectivity index (χ0v) is 12.5. The lowest BCUT2D eigenvalue weighted by Crippen LogP contribution is -2.22. The Morgan fingerprint density at radius 2 is 2.00 bits per heavy atom. The smallest absolute Gasteiger partial charge is 0.317 e. The first kappa shape index (κ1) is 13.9. The van der Waals surface area contributed by atoms with Crippen molar-refractivity contribution in [1.82, 2.24) is 0 Å². The van der Waals surface area contributed by atoms with E-state index in [1.54, 1.807) is 6.07 Å². The Hall–Kier alpha value is -2.05. The van der Waals surface area contributed by atoms with Gasteiger partial charge in [0.2, 0.25) is 0 Å². The minimum atomic E-state index is -0.726. The molecule has 3 amide bonds. The lowest BCUT2D eigenvalue weighted by molar-refractivity contribution is 0.100. The molecule has 1 aromatic carbocycles. The van der Waals surface area contributed by atoms with E-state index >= 15 is 0 Å². The fourth-order valence-corrected chi connectivity index (χ4v) is 4.35. The van der Waals surface area contributed by atoms with Gasteiger partial charge in [0.05, 0.1) is 5.56 Å². The van der Waals surface area contributed by atoms with Crippen molar-refractivity contribution in [2.24, 2.45) is 11.5 Å². The lowest BCUT2D eigenvalue weighted by atomic mass is 9.89. The van der Waals surface area contributed by atoms with Crippen LogP contribution < -0.4 is 16.8 Å². The summed E-state index contributed by atoms with van der Waals surface area (Å²) in [7, 11) is 0. The molecule has 2 aromatic rings. The summed E-state index contributed by atoms with van der Waals surface area (Å²) in [6.45, 7) is 0. The number of carbonyl (C=O) groups excluding carboxylic acids is 2. The Morgan fingerprint density at radius 3 is 2.67 bits per heavy atom. The largest absolute Gasteiger partial charge is 0.365 e. The number of nitrogens with one attached hydrogen (secondary N) is 1. The highest BCUT2D eigenvalue weighted by molar-refractivity contribution is 7.20. The predicted molar refractivity (Wildman–Crippen MR) is 83.9 cm³/mol. The van der Waals surface area contributed by atoms with Crippen LogP contribution in [0.4, 0.5) is 9.80 Å². The van der Waals surface area contributed by atoms with Crippen molar-refractivity contribution in [2.75, 3.05) is 5.32 Å². The van der Waals surface area contributed by atoms with Gasteiger partial charge >= 0.3 is 6.03 Å². The Balaban J connectivity index is 2.26. The third-order valence-electron chi connectivity index (χ3n) is 3.46. The molecule has 7 heteroatoms. The molecule has 5 nitrogen and oxygen atoms in total. The first-order valence-electron chi connectivity index (χ1n) is 6.28. The first-order valence-corrected chi connectivity index (χ1v) is 7.48. The number of halogens is 1. The van der Waals surface area contributed by atoms with Crippen molar-refractivity contribution >= 4 is 39.9 Å². The Morgan fingerprint density at radius 1 is 1.24 bits per heavy atom. The van der Waals surface area contributed by atoms with E-state index in [1.165, 1.54) is 11.3 Å². The SMILES string of the molecule is NC(=O)Nc1sc2c(c1C(N)=O)CCc1cccc(Cl)c1-2. The van der Waals surface area contributed by atoms with Gasteiger partial charge in [0.15, 0.2) is 0 Å². The van der Waals surface area contributed by atoms with Crippen molar-refractivity contribution in [1.29, 1.82) is 0 Å². The molecule has 0 radical (unpaired) electrons. The standard InChI is InChI=1S/C14H12ClN3O2S/c15-8-3-1-2-6-4-5-7-10(12(16)19)13(18-14(17)20)21-11(7)9(6)8/h1-3H,4-5H2,(H2,16,19)(H3,17,18,20). The molecule has 1 aliphatic rings. The molecule has 21 heavy (non-hydrogen) atoms. The molecule has 0 aliphatic heterocycles. The number of anilines is 1. The van der Waals surface area contributed by atoms with Gasteiger partial charge in [-0.25, -0.2) is 4.79 Å². The van der Waals surface area contributed by atoms with Crippen molar-refractivity contribution in [3.05, 3.63) is 39.9 Å². The third-order valence-corrected chi connectivity index (χ3v) is 4.94. The zero-order valence-electron chi connectivity index (χ0n) is 10.9. The summed E-state index contributed by atoms with van der Waals surface area (Å²) < 4.78 is 0. The van der Waals surface area contributed by atoms with Crippen LogP contribution in [0.5, 0.6) is 0 Å². The van der Waals surface area contributed by atoms with Gasteiger partial charge in [-0.2, -0.15) is 0 Å². The number of thiophene rings is 1. The minimum Gasteiger partial charge on any atom is -0.365 e. The normalized spacial score (nSPS) is 12.4. The van der Waals surface area contributed by atoms with Crippen molar-refractivity contribution in [3.63, 3.8) is 0 Å². The monoisotopic (exact) mass is 321 g/mol. The fourth-order valence-electron chi connectivity index (χ4n) is 2.66. The summed E-state index contributed by atoms with van der Waals surface area (Å²) in [6, 6.07) is 4.99. The maximum atomic E-state index is 11.7. The molecule has 0 saturated heterocycles. The maximum Gasteiger partial charge on any atom is 0.317 e. The van der Waals surface area contributed by atoms with Crippen molar-refractivity contribution in [3.8, 4) is 10.4 Å². The maximum absolute atomic E-state index is 11.7.